The zero-order valence-corrected chi connectivity index (χ0v) is 14.7. The Morgan fingerprint density at radius 2 is 2.07 bits per heavy atom. The van der Waals surface area contributed by atoms with E-state index in [-0.39, 0.29) is 0 Å². The van der Waals surface area contributed by atoms with Crippen LogP contribution in [0, 0.1) is 11.3 Å². The van der Waals surface area contributed by atoms with Crippen LogP contribution in [0.1, 0.15) is 24.1 Å². The fraction of sp³-hybridized carbons (Fsp3) is 0.211. The van der Waals surface area contributed by atoms with Crippen molar-refractivity contribution in [1.82, 2.24) is 19.6 Å². The number of aliphatic imine (C=N–C) groups is 1. The molecule has 8 heteroatoms. The van der Waals surface area contributed by atoms with E-state index in [1.165, 1.54) is 19.0 Å². The summed E-state index contributed by atoms with van der Waals surface area (Å²) in [4.78, 5) is 15.6. The molecule has 0 aliphatic carbocycles. The monoisotopic (exact) mass is 358 g/mol. The molecule has 0 saturated carbocycles. The lowest BCUT2D eigenvalue weighted by Crippen LogP contribution is -2.19. The molecule has 3 aromatic heterocycles. The van der Waals surface area contributed by atoms with E-state index in [0.717, 1.165) is 24.5 Å². The Hall–Kier alpha value is -3.73. The highest BCUT2D eigenvalue weighted by atomic mass is 15.3. The number of nitrogens with two attached hydrogens (primary N) is 1. The normalized spacial score (nSPS) is 14.9. The summed E-state index contributed by atoms with van der Waals surface area (Å²) in [7, 11) is 0. The molecule has 8 nitrogen and oxygen atoms in total. The fourth-order valence-corrected chi connectivity index (χ4v) is 3.04. The molecule has 2 N–H and O–H groups in total. The Morgan fingerprint density at radius 3 is 2.78 bits per heavy atom. The van der Waals surface area contributed by atoms with E-state index in [4.69, 9.17) is 16.0 Å². The lowest BCUT2D eigenvalue weighted by Gasteiger charge is -2.15. The van der Waals surface area contributed by atoms with Crippen molar-refractivity contribution in [2.75, 3.05) is 18.0 Å². The van der Waals surface area contributed by atoms with Gasteiger partial charge in [-0.15, -0.1) is 0 Å². The number of fused-ring (bicyclic) bond motifs is 1. The third kappa shape index (κ3) is 3.35. The molecule has 0 atom stereocenters. The van der Waals surface area contributed by atoms with Crippen molar-refractivity contribution in [2.45, 2.75) is 12.8 Å². The number of rotatable bonds is 4. The lowest BCUT2D eigenvalue weighted by atomic mass is 10.1. The van der Waals surface area contributed by atoms with Gasteiger partial charge in [0.2, 0.25) is 0 Å². The number of anilines is 1. The molecule has 1 fully saturated rings. The molecular formula is C19H18N8. The summed E-state index contributed by atoms with van der Waals surface area (Å²) in [5.74, 6) is 0.947. The number of nitriles is 1. The van der Waals surface area contributed by atoms with E-state index in [1.807, 2.05) is 18.3 Å². The van der Waals surface area contributed by atoms with E-state index in [9.17, 15) is 0 Å². The Labute approximate surface area is 156 Å². The molecule has 4 rings (SSSR count). The average Bonchev–Trinajstić information content (AvgIpc) is 3.39. The summed E-state index contributed by atoms with van der Waals surface area (Å²) in [5, 5.41) is 13.2. The molecule has 1 aliphatic heterocycles. The Kier molecular flexibility index (Phi) is 4.49. The van der Waals surface area contributed by atoms with Gasteiger partial charge in [0.25, 0.3) is 0 Å². The molecule has 4 heterocycles. The molecule has 27 heavy (non-hydrogen) atoms. The maximum atomic E-state index is 8.86. The van der Waals surface area contributed by atoms with Crippen LogP contribution in [0.15, 0.2) is 48.0 Å². The number of aromatic nitrogens is 4. The van der Waals surface area contributed by atoms with Gasteiger partial charge in [-0.1, -0.05) is 0 Å². The number of allylic oxidation sites excluding steroid dienone is 1. The quantitative estimate of drug-likeness (QED) is 0.717. The van der Waals surface area contributed by atoms with Crippen LogP contribution >= 0.6 is 0 Å². The van der Waals surface area contributed by atoms with E-state index >= 15 is 0 Å². The Balaban J connectivity index is 1.63. The first-order valence-electron chi connectivity index (χ1n) is 8.70. The predicted molar refractivity (Wildman–Crippen MR) is 104 cm³/mol. The van der Waals surface area contributed by atoms with Crippen LogP contribution in [0.4, 0.5) is 11.5 Å². The summed E-state index contributed by atoms with van der Waals surface area (Å²) in [6, 6.07) is 7.41. The maximum Gasteiger partial charge on any atom is 0.183 e. The molecule has 0 amide bonds. The summed E-state index contributed by atoms with van der Waals surface area (Å²) in [6.07, 6.45) is 10.7. The van der Waals surface area contributed by atoms with Gasteiger partial charge in [-0.2, -0.15) is 10.4 Å². The zero-order chi connectivity index (χ0) is 18.6. The van der Waals surface area contributed by atoms with Crippen molar-refractivity contribution < 1.29 is 0 Å². The Bertz CT molecular complexity index is 1050. The van der Waals surface area contributed by atoms with E-state index in [2.05, 4.69) is 20.0 Å². The number of hydrogen-bond donors (Lipinski definition) is 1. The SMILES string of the molecule is N#Cc1ccc(C(C=Nc2cnn3ccc(N4CCCC4)nc23)=CN)cn1. The van der Waals surface area contributed by atoms with Crippen LogP contribution in [-0.2, 0) is 0 Å². The maximum absolute atomic E-state index is 8.86. The standard InChI is InChI=1S/C19H18N8/c20-9-15(14-3-4-16(10-21)22-11-14)12-23-17-13-24-27-8-5-18(25-19(17)27)26-6-1-2-7-26/h3-5,8-9,11-13H,1-2,6-7,20H2. The topological polar surface area (TPSA) is 108 Å². The van der Waals surface area contributed by atoms with E-state index in [0.29, 0.717) is 22.6 Å². The van der Waals surface area contributed by atoms with Crippen molar-refractivity contribution >= 4 is 28.9 Å². The van der Waals surface area contributed by atoms with Crippen LogP contribution in [0.3, 0.4) is 0 Å². The minimum Gasteiger partial charge on any atom is -0.404 e. The molecule has 0 unspecified atom stereocenters. The highest BCUT2D eigenvalue weighted by Gasteiger charge is 2.15. The highest BCUT2D eigenvalue weighted by Crippen LogP contribution is 2.23. The van der Waals surface area contributed by atoms with Gasteiger partial charge < -0.3 is 10.6 Å². The third-order valence-corrected chi connectivity index (χ3v) is 4.50. The average molecular weight is 358 g/mol. The molecule has 1 saturated heterocycles. The van der Waals surface area contributed by atoms with E-state index < -0.39 is 0 Å². The van der Waals surface area contributed by atoms with Gasteiger partial charge in [0, 0.05) is 49.0 Å². The molecule has 0 bridgehead atoms. The Morgan fingerprint density at radius 1 is 1.22 bits per heavy atom. The second-order valence-corrected chi connectivity index (χ2v) is 6.20. The number of pyridine rings is 1. The summed E-state index contributed by atoms with van der Waals surface area (Å²) >= 11 is 0. The van der Waals surface area contributed by atoms with Gasteiger partial charge in [0.05, 0.1) is 6.20 Å². The van der Waals surface area contributed by atoms with Gasteiger partial charge in [-0.25, -0.2) is 14.5 Å². The lowest BCUT2D eigenvalue weighted by molar-refractivity contribution is 0.899. The number of nitrogens with zero attached hydrogens (tertiary/aromatic N) is 7. The fourth-order valence-electron chi connectivity index (χ4n) is 3.04. The second kappa shape index (κ2) is 7.25. The van der Waals surface area contributed by atoms with Crippen LogP contribution in [0.2, 0.25) is 0 Å². The smallest absolute Gasteiger partial charge is 0.183 e. The number of hydrogen-bond acceptors (Lipinski definition) is 7. The van der Waals surface area contributed by atoms with Crippen LogP contribution in [0.25, 0.3) is 11.2 Å². The first-order chi connectivity index (χ1) is 13.3. The first kappa shape index (κ1) is 16.7. The molecule has 0 aromatic carbocycles. The van der Waals surface area contributed by atoms with Gasteiger partial charge in [-0.05, 0) is 31.0 Å². The third-order valence-electron chi connectivity index (χ3n) is 4.50. The zero-order valence-electron chi connectivity index (χ0n) is 14.7. The minimum atomic E-state index is 0.355. The first-order valence-corrected chi connectivity index (χ1v) is 8.70. The molecule has 1 aliphatic rings. The van der Waals surface area contributed by atoms with Gasteiger partial charge in [0.1, 0.15) is 23.3 Å². The van der Waals surface area contributed by atoms with Crippen molar-refractivity contribution in [2.24, 2.45) is 10.7 Å². The van der Waals surface area contributed by atoms with Crippen LogP contribution in [-0.4, -0.2) is 38.9 Å². The van der Waals surface area contributed by atoms with Gasteiger partial charge in [-0.3, -0.25) is 4.99 Å². The van der Waals surface area contributed by atoms with Crippen molar-refractivity contribution in [3.05, 3.63) is 54.2 Å². The summed E-state index contributed by atoms with van der Waals surface area (Å²) in [6.45, 7) is 2.06. The van der Waals surface area contributed by atoms with Gasteiger partial charge in [0.15, 0.2) is 5.65 Å². The molecule has 0 radical (unpaired) electrons. The van der Waals surface area contributed by atoms with Crippen molar-refractivity contribution in [3.8, 4) is 6.07 Å². The minimum absolute atomic E-state index is 0.355. The molecule has 134 valence electrons. The van der Waals surface area contributed by atoms with Crippen molar-refractivity contribution in [3.63, 3.8) is 0 Å². The molecule has 3 aromatic rings. The predicted octanol–water partition coefficient (Wildman–Crippen LogP) is 2.30. The summed E-state index contributed by atoms with van der Waals surface area (Å²) in [5.41, 5.74) is 8.94. The van der Waals surface area contributed by atoms with E-state index in [1.54, 1.807) is 35.3 Å². The molecular weight excluding hydrogens is 340 g/mol. The summed E-state index contributed by atoms with van der Waals surface area (Å²) < 4.78 is 1.71. The van der Waals surface area contributed by atoms with Crippen LogP contribution in [0.5, 0.6) is 0 Å². The van der Waals surface area contributed by atoms with Crippen molar-refractivity contribution in [1.29, 1.82) is 5.26 Å². The molecule has 0 spiro atoms. The largest absolute Gasteiger partial charge is 0.404 e. The second-order valence-electron chi connectivity index (χ2n) is 6.20. The van der Waals surface area contributed by atoms with Gasteiger partial charge >= 0.3 is 0 Å². The van der Waals surface area contributed by atoms with Crippen LogP contribution < -0.4 is 10.6 Å². The highest BCUT2D eigenvalue weighted by molar-refractivity contribution is 6.10.